The first-order valence-corrected chi connectivity index (χ1v) is 6.69. The lowest BCUT2D eigenvalue weighted by atomic mass is 9.95. The molecule has 2 rings (SSSR count). The van der Waals surface area contributed by atoms with Crippen LogP contribution in [0.2, 0.25) is 0 Å². The lowest BCUT2D eigenvalue weighted by molar-refractivity contribution is -0.158. The van der Waals surface area contributed by atoms with Gasteiger partial charge in [0.1, 0.15) is 5.75 Å². The Hall–Kier alpha value is -2.43. The smallest absolute Gasteiger partial charge is 0.394 e. The zero-order chi connectivity index (χ0) is 16.5. The van der Waals surface area contributed by atoms with Crippen molar-refractivity contribution in [1.29, 1.82) is 0 Å². The molecule has 0 saturated heterocycles. The maximum atomic E-state index is 12.9. The van der Waals surface area contributed by atoms with E-state index in [0.717, 1.165) is 5.56 Å². The summed E-state index contributed by atoms with van der Waals surface area (Å²) >= 11 is 0. The van der Waals surface area contributed by atoms with Gasteiger partial charge in [-0.05, 0) is 48.2 Å². The van der Waals surface area contributed by atoms with Gasteiger partial charge in [-0.2, -0.15) is 8.78 Å². The van der Waals surface area contributed by atoms with Crippen LogP contribution < -0.4 is 4.74 Å². The number of aromatic carboxylic acids is 1. The van der Waals surface area contributed by atoms with Crippen molar-refractivity contribution in [3.63, 3.8) is 0 Å². The van der Waals surface area contributed by atoms with Crippen molar-refractivity contribution in [2.75, 3.05) is 0 Å². The quantitative estimate of drug-likeness (QED) is 0.893. The molecule has 0 radical (unpaired) electrons. The highest BCUT2D eigenvalue weighted by Gasteiger charge is 2.23. The number of carboxylic acid groups (broad SMARTS) is 1. The number of rotatable bonds is 4. The summed E-state index contributed by atoms with van der Waals surface area (Å²) in [5, 5.41) is 9.18. The van der Waals surface area contributed by atoms with Crippen LogP contribution in [0.5, 0.6) is 5.75 Å². The van der Waals surface area contributed by atoms with Gasteiger partial charge in [0.15, 0.2) is 0 Å². The number of benzene rings is 2. The second-order valence-corrected chi connectivity index (χ2v) is 5.23. The molecule has 0 heterocycles. The molecule has 0 aliphatic heterocycles. The van der Waals surface area contributed by atoms with Gasteiger partial charge in [-0.3, -0.25) is 0 Å². The molecule has 0 saturated carbocycles. The van der Waals surface area contributed by atoms with E-state index in [1.165, 1.54) is 12.1 Å². The zero-order valence-electron chi connectivity index (χ0n) is 12.5. The summed E-state index contributed by atoms with van der Waals surface area (Å²) in [5.41, 5.74) is 2.94. The number of hydrogen-bond donors (Lipinski definition) is 1. The topological polar surface area (TPSA) is 46.5 Å². The van der Waals surface area contributed by atoms with Gasteiger partial charge in [-0.25, -0.2) is 4.79 Å². The predicted octanol–water partition coefficient (Wildman–Crippen LogP) is 4.66. The van der Waals surface area contributed by atoms with E-state index in [1.807, 2.05) is 0 Å². The van der Waals surface area contributed by atoms with Crippen molar-refractivity contribution >= 4 is 5.97 Å². The number of carboxylic acids is 1. The summed E-state index contributed by atoms with van der Waals surface area (Å²) in [6.07, 6.45) is -3.25. The maximum absolute atomic E-state index is 12.9. The van der Waals surface area contributed by atoms with Crippen LogP contribution in [0.15, 0.2) is 36.4 Å². The second kappa shape index (κ2) is 5.75. The highest BCUT2D eigenvalue weighted by atomic mass is 19.3. The third-order valence-electron chi connectivity index (χ3n) is 3.21. The van der Waals surface area contributed by atoms with E-state index >= 15 is 0 Å². The fourth-order valence-corrected chi connectivity index (χ4v) is 2.41. The molecule has 0 fully saturated rings. The molecule has 0 aromatic heterocycles. The molecular formula is C17H16F2O3. The Morgan fingerprint density at radius 2 is 1.68 bits per heavy atom. The van der Waals surface area contributed by atoms with Crippen molar-refractivity contribution in [3.8, 4) is 16.9 Å². The average Bonchev–Trinajstić information content (AvgIpc) is 2.35. The Labute approximate surface area is 127 Å². The summed E-state index contributed by atoms with van der Waals surface area (Å²) < 4.78 is 30.4. The van der Waals surface area contributed by atoms with Gasteiger partial charge < -0.3 is 9.84 Å². The number of alkyl halides is 2. The molecule has 0 atom stereocenters. The lowest BCUT2D eigenvalue weighted by Crippen LogP contribution is -2.19. The minimum absolute atomic E-state index is 0.0580. The first-order chi connectivity index (χ1) is 10.2. The number of carbonyl (C=O) groups is 1. The van der Waals surface area contributed by atoms with Crippen molar-refractivity contribution in [1.82, 2.24) is 0 Å². The predicted molar refractivity (Wildman–Crippen MR) is 79.6 cm³/mol. The van der Waals surface area contributed by atoms with Crippen LogP contribution in [0.4, 0.5) is 8.78 Å². The summed E-state index contributed by atoms with van der Waals surface area (Å²) in [7, 11) is 0. The lowest BCUT2D eigenvalue weighted by Gasteiger charge is -2.14. The molecule has 0 amide bonds. The van der Waals surface area contributed by atoms with Crippen LogP contribution in [-0.2, 0) is 0 Å². The standard InChI is InChI=1S/C17H16F2O3/c1-10-7-13(8-11(2)15(10)16(20)21)12-5-4-6-14(9-12)22-17(3,18)19/h4-9H,1-3H3,(H,20,21). The van der Waals surface area contributed by atoms with Gasteiger partial charge in [-0.1, -0.05) is 24.3 Å². The Morgan fingerprint density at radius 3 is 2.18 bits per heavy atom. The largest absolute Gasteiger partial charge is 0.478 e. The number of aryl methyl sites for hydroxylation is 2. The Bertz CT molecular complexity index is 695. The molecule has 2 aromatic carbocycles. The molecule has 2 aromatic rings. The van der Waals surface area contributed by atoms with Crippen molar-refractivity contribution in [3.05, 3.63) is 53.1 Å². The summed E-state index contributed by atoms with van der Waals surface area (Å²) in [6, 6.07) is 9.78. The van der Waals surface area contributed by atoms with Gasteiger partial charge >= 0.3 is 12.1 Å². The number of halogens is 2. The van der Waals surface area contributed by atoms with E-state index < -0.39 is 12.1 Å². The highest BCUT2D eigenvalue weighted by Crippen LogP contribution is 2.29. The Balaban J connectivity index is 2.45. The van der Waals surface area contributed by atoms with Crippen LogP contribution in [0.1, 0.15) is 28.4 Å². The van der Waals surface area contributed by atoms with Crippen LogP contribution >= 0.6 is 0 Å². The van der Waals surface area contributed by atoms with Gasteiger partial charge in [-0.15, -0.1) is 0 Å². The summed E-state index contributed by atoms with van der Waals surface area (Å²) in [4.78, 5) is 11.2. The van der Waals surface area contributed by atoms with E-state index in [2.05, 4.69) is 4.74 Å². The number of ether oxygens (including phenoxy) is 1. The molecule has 0 bridgehead atoms. The van der Waals surface area contributed by atoms with E-state index in [1.54, 1.807) is 38.1 Å². The third kappa shape index (κ3) is 3.61. The van der Waals surface area contributed by atoms with Crippen LogP contribution in [0.25, 0.3) is 11.1 Å². The SMILES string of the molecule is Cc1cc(-c2cccc(OC(C)(F)F)c2)cc(C)c1C(=O)O. The maximum Gasteiger partial charge on any atom is 0.394 e. The molecule has 0 aliphatic carbocycles. The van der Waals surface area contributed by atoms with Gasteiger partial charge in [0.05, 0.1) is 5.56 Å². The minimum Gasteiger partial charge on any atom is -0.478 e. The minimum atomic E-state index is -3.25. The zero-order valence-corrected chi connectivity index (χ0v) is 12.5. The summed E-state index contributed by atoms with van der Waals surface area (Å²) in [5.74, 6) is -0.924. The Kier molecular flexibility index (Phi) is 4.17. The number of hydrogen-bond acceptors (Lipinski definition) is 2. The van der Waals surface area contributed by atoms with Gasteiger partial charge in [0.2, 0.25) is 0 Å². The third-order valence-corrected chi connectivity index (χ3v) is 3.21. The monoisotopic (exact) mass is 306 g/mol. The molecule has 1 N–H and O–H groups in total. The average molecular weight is 306 g/mol. The normalized spacial score (nSPS) is 11.3. The van der Waals surface area contributed by atoms with Crippen molar-refractivity contribution < 1.29 is 23.4 Å². The second-order valence-electron chi connectivity index (χ2n) is 5.23. The summed E-state index contributed by atoms with van der Waals surface area (Å²) in [6.45, 7) is 4.09. The molecule has 22 heavy (non-hydrogen) atoms. The molecule has 0 aliphatic rings. The first kappa shape index (κ1) is 15.9. The van der Waals surface area contributed by atoms with Crippen LogP contribution in [-0.4, -0.2) is 17.2 Å². The van der Waals surface area contributed by atoms with Gasteiger partial charge in [0, 0.05) is 6.92 Å². The van der Waals surface area contributed by atoms with Crippen LogP contribution in [0, 0.1) is 13.8 Å². The van der Waals surface area contributed by atoms with E-state index in [-0.39, 0.29) is 11.3 Å². The van der Waals surface area contributed by atoms with E-state index in [0.29, 0.717) is 23.6 Å². The molecule has 5 heteroatoms. The Morgan fingerprint density at radius 1 is 1.09 bits per heavy atom. The van der Waals surface area contributed by atoms with E-state index in [9.17, 15) is 18.7 Å². The fraction of sp³-hybridized carbons (Fsp3) is 0.235. The molecule has 0 unspecified atom stereocenters. The van der Waals surface area contributed by atoms with Crippen LogP contribution in [0.3, 0.4) is 0 Å². The molecule has 0 spiro atoms. The van der Waals surface area contributed by atoms with Gasteiger partial charge in [0.25, 0.3) is 0 Å². The highest BCUT2D eigenvalue weighted by molar-refractivity contribution is 5.92. The fourth-order valence-electron chi connectivity index (χ4n) is 2.41. The molecule has 3 nitrogen and oxygen atoms in total. The van der Waals surface area contributed by atoms with Crippen molar-refractivity contribution in [2.24, 2.45) is 0 Å². The molecular weight excluding hydrogens is 290 g/mol. The first-order valence-electron chi connectivity index (χ1n) is 6.69. The van der Waals surface area contributed by atoms with E-state index in [4.69, 9.17) is 0 Å². The molecule has 116 valence electrons. The van der Waals surface area contributed by atoms with Crippen molar-refractivity contribution in [2.45, 2.75) is 26.9 Å².